The molecule has 0 aromatic heterocycles. The second-order valence-corrected chi connectivity index (χ2v) is 40.2. The predicted octanol–water partition coefficient (Wildman–Crippen LogP) is 25.9. The van der Waals surface area contributed by atoms with Gasteiger partial charge in [-0.25, -0.2) is 0 Å². The summed E-state index contributed by atoms with van der Waals surface area (Å²) in [6.45, 7) is 24.5. The Morgan fingerprint density at radius 3 is 0.851 bits per heavy atom. The van der Waals surface area contributed by atoms with Crippen molar-refractivity contribution in [2.24, 2.45) is 11.8 Å². The van der Waals surface area contributed by atoms with Crippen LogP contribution in [0, 0.1) is 11.8 Å². The van der Waals surface area contributed by atoms with E-state index in [0.29, 0.717) is 11.8 Å². The molecule has 18 aromatic carbocycles. The molecule has 13 nitrogen and oxygen atoms in total. The Hall–Kier alpha value is -12.6. The van der Waals surface area contributed by atoms with Crippen LogP contribution in [0.5, 0.6) is 0 Å². The van der Waals surface area contributed by atoms with Gasteiger partial charge in [-0.2, -0.15) is 0 Å². The van der Waals surface area contributed by atoms with Gasteiger partial charge in [-0.05, 0) is 308 Å². The van der Waals surface area contributed by atoms with E-state index in [9.17, 15) is 30.6 Å². The average molecular weight is 1880 g/mol. The Balaban J connectivity index is 0.000000150. The second kappa shape index (κ2) is 43.9. The maximum absolute atomic E-state index is 14.4. The average Bonchev–Trinajstić information content (AvgIpc) is 0.719. The van der Waals surface area contributed by atoms with E-state index in [1.54, 1.807) is 0 Å². The quantitative estimate of drug-likeness (QED) is 0.0311. The van der Waals surface area contributed by atoms with Gasteiger partial charge in [0.25, 0.3) is 0 Å². The predicted molar refractivity (Wildman–Crippen MR) is 597 cm³/mol. The molecule has 3 saturated carbocycles. The first-order chi connectivity index (χ1) is 67.6. The third kappa shape index (κ3) is 19.3. The summed E-state index contributed by atoms with van der Waals surface area (Å²) in [5.74, 6) is -2.40. The summed E-state index contributed by atoms with van der Waals surface area (Å²) in [7, 11) is 12.0. The lowest BCUT2D eigenvalue weighted by molar-refractivity contribution is -0.536. The fourth-order valence-corrected chi connectivity index (χ4v) is 23.1. The Kier molecular flexibility index (Phi) is 31.6. The Morgan fingerprint density at radius 1 is 0.270 bits per heavy atom. The zero-order chi connectivity index (χ0) is 97.3. The number of hydrogen-bond donors (Lipinski definition) is 3. The number of nitrogens with one attached hydrogen (secondary N) is 3. The van der Waals surface area contributed by atoms with Crippen LogP contribution < -0.4 is 66.2 Å². The first-order valence-electron chi connectivity index (χ1n) is 51.2. The van der Waals surface area contributed by atoms with Crippen LogP contribution in [0.15, 0.2) is 285 Å². The van der Waals surface area contributed by atoms with Crippen molar-refractivity contribution in [2.45, 2.75) is 201 Å². The van der Waals surface area contributed by atoms with Crippen LogP contribution in [0.1, 0.15) is 197 Å². The van der Waals surface area contributed by atoms with E-state index in [2.05, 4.69) is 296 Å². The minimum atomic E-state index is -1.04. The molecule has 18 aromatic rings. The molecule has 21 rings (SSSR count). The molecule has 0 amide bonds. The highest BCUT2D eigenvalue weighted by atomic mass is 16.3. The van der Waals surface area contributed by atoms with Crippen molar-refractivity contribution in [3.05, 3.63) is 318 Å². The highest BCUT2D eigenvalue weighted by Gasteiger charge is 2.44. The van der Waals surface area contributed by atoms with Crippen LogP contribution in [0.2, 0.25) is 0 Å². The minimum absolute atomic E-state index is 0. The number of unbranched alkanes of at least 4 members (excludes halogenated alkanes) is 4. The van der Waals surface area contributed by atoms with Crippen molar-refractivity contribution in [3.63, 3.8) is 0 Å². The van der Waals surface area contributed by atoms with Crippen LogP contribution in [-0.2, 0) is 0 Å². The summed E-state index contributed by atoms with van der Waals surface area (Å²) in [6.07, 6.45) is 3.19. The number of benzene rings is 18. The summed E-state index contributed by atoms with van der Waals surface area (Å²) < 4.78 is 0. The lowest BCUT2D eigenvalue weighted by Crippen LogP contribution is -2.63. The van der Waals surface area contributed by atoms with Gasteiger partial charge in [-0.1, -0.05) is 278 Å². The number of nitrogens with zero attached hydrogens (tertiary/aromatic N) is 4. The van der Waals surface area contributed by atoms with Crippen molar-refractivity contribution in [1.82, 2.24) is 0 Å². The molecule has 0 saturated heterocycles. The molecular formula is C128H143N7O6-6. The minimum Gasteiger partial charge on any atom is -0.851 e. The molecule has 0 aliphatic heterocycles. The van der Waals surface area contributed by atoms with E-state index in [4.69, 9.17) is 0 Å². The van der Waals surface area contributed by atoms with Crippen LogP contribution in [-0.4, -0.2) is 112 Å². The Morgan fingerprint density at radius 2 is 0.532 bits per heavy atom. The molecule has 13 heteroatoms. The first kappa shape index (κ1) is 101. The number of rotatable bonds is 28. The Labute approximate surface area is 835 Å². The zero-order valence-corrected chi connectivity index (χ0v) is 83.6. The van der Waals surface area contributed by atoms with Gasteiger partial charge < -0.3 is 66.2 Å². The van der Waals surface area contributed by atoms with E-state index < -0.39 is 72.1 Å². The molecule has 0 heterocycles. The molecule has 732 valence electrons. The fourth-order valence-electron chi connectivity index (χ4n) is 23.1. The van der Waals surface area contributed by atoms with Gasteiger partial charge in [0.15, 0.2) is 0 Å². The maximum Gasteiger partial charge on any atom is 0.0541 e. The third-order valence-electron chi connectivity index (χ3n) is 30.5. The molecule has 3 aliphatic carbocycles. The molecule has 141 heavy (non-hydrogen) atoms. The molecule has 6 unspecified atom stereocenters. The van der Waals surface area contributed by atoms with Gasteiger partial charge in [0.1, 0.15) is 0 Å². The lowest BCUT2D eigenvalue weighted by atomic mass is 9.62. The van der Waals surface area contributed by atoms with Crippen molar-refractivity contribution >= 4 is 169 Å². The largest absolute Gasteiger partial charge is 0.851 e. The smallest absolute Gasteiger partial charge is 0.0541 e. The second-order valence-electron chi connectivity index (χ2n) is 40.2. The monoisotopic (exact) mass is 1870 g/mol. The van der Waals surface area contributed by atoms with Crippen molar-refractivity contribution < 1.29 is 30.6 Å². The van der Waals surface area contributed by atoms with Crippen LogP contribution in [0.4, 0.5) is 39.8 Å². The summed E-state index contributed by atoms with van der Waals surface area (Å²) in [5.41, 5.74) is 12.9. The third-order valence-corrected chi connectivity index (χ3v) is 30.5. The van der Waals surface area contributed by atoms with Gasteiger partial charge in [0.2, 0.25) is 0 Å². The number of fused-ring (bicyclic) bond motifs is 12. The highest BCUT2D eigenvalue weighted by molar-refractivity contribution is 6.18. The van der Waals surface area contributed by atoms with Crippen LogP contribution in [0.25, 0.3) is 129 Å². The molecule has 6 atom stereocenters. The van der Waals surface area contributed by atoms with Crippen molar-refractivity contribution in [1.29, 1.82) is 0 Å². The SMILES string of the molecule is C.C.CC.CCCCCN(CCCCC)c1ccc(C2C([O-])C(c3ccc(NCC)c4cc5ccccc5cc34)C2[O-])c2cc3ccccc3cc12.CNc1ccc(C2C([O-])C(c3ccc(N(C)C)c4cc5ccccc5cc34)C2[O-])c2cc3ccccc3c(N(C)C)c12.CNc1ccc(C2C([O-])C(c3ccc(N(CCC(C)C)CCC(C)C)c4cc5ccccc5cc34)C2[O-])c2cc3ccccc3cc12. The Bertz CT molecular complexity index is 7460. The van der Waals surface area contributed by atoms with Gasteiger partial charge in [0, 0.05) is 147 Å². The fraction of sp³-hybridized carbons (Fsp3) is 0.344. The maximum atomic E-state index is 14.4. The van der Waals surface area contributed by atoms with E-state index in [1.807, 2.05) is 129 Å². The van der Waals surface area contributed by atoms with Crippen LogP contribution in [0.3, 0.4) is 0 Å². The molecule has 3 N–H and O–H groups in total. The molecule has 0 radical (unpaired) electrons. The summed E-state index contributed by atoms with van der Waals surface area (Å²) in [6, 6.07) is 99.2. The van der Waals surface area contributed by atoms with Crippen LogP contribution >= 0.6 is 0 Å². The standard InChI is InChI=1S/C44H48N2O2.C43H46N2O2.C37H35N3O2.C2H6.2CH4/c1-4-7-13-23-46(24-14-8-5-2)40-22-20-34(36-26-30-16-10-12-18-32(30)28-38(36)40)42-43(47)41(44(42)48)33-19-21-39(45-6-3)37-27-31-17-11-9-15-29(31)25-35(33)37;1-26(2)18-20-45(21-19-27(3)4)39-17-15-33(35-23-29-11-7-9-13-31(29)25-37(35)39)41-42(46)40(43(41)47)32-14-16-38(44-5)36-24-30-12-8-6-10-28(30)22-34(32)36;1-38-30-16-14-26(29-20-23-12-8-9-13-24(23)35(32(29)30)40(4)5)34-36(41)33(37(34)42)25-15-17-31(39(2)3)28-19-22-11-7-6-10-21(22)18-27(25)28;1-2;;/h9-12,15-22,25-28,41-45H,4-8,13-14,23-24H2,1-3H3;6-17,22-27,40-44H,18-21H2,1-5H3;6-20,33-34,36-38H,1-5H3;1-2H3;2*1H4/q3*-2;;;. The normalized spacial score (nSPS) is 19.2. The molecular weight excluding hydrogens is 1730 g/mol. The molecule has 0 spiro atoms. The molecule has 3 aliphatic rings. The van der Waals surface area contributed by atoms with Gasteiger partial charge in [-0.3, -0.25) is 0 Å². The summed E-state index contributed by atoms with van der Waals surface area (Å²) >= 11 is 0. The topological polar surface area (TPSA) is 187 Å². The highest BCUT2D eigenvalue weighted by Crippen LogP contribution is 2.56. The van der Waals surface area contributed by atoms with E-state index in [-0.39, 0.29) is 14.9 Å². The van der Waals surface area contributed by atoms with Gasteiger partial charge in [0.05, 0.1) is 5.69 Å². The van der Waals surface area contributed by atoms with E-state index >= 15 is 0 Å². The number of anilines is 7. The van der Waals surface area contributed by atoms with Crippen molar-refractivity contribution in [2.75, 3.05) is 111 Å². The lowest BCUT2D eigenvalue weighted by Gasteiger charge is -2.62. The summed E-state index contributed by atoms with van der Waals surface area (Å²) in [5, 5.41) is 123. The number of hydrogen-bond acceptors (Lipinski definition) is 13. The van der Waals surface area contributed by atoms with E-state index in [1.165, 1.54) is 47.8 Å². The summed E-state index contributed by atoms with van der Waals surface area (Å²) in [4.78, 5) is 9.32. The van der Waals surface area contributed by atoms with Gasteiger partial charge >= 0.3 is 0 Å². The van der Waals surface area contributed by atoms with E-state index in [0.717, 1.165) is 239 Å². The van der Waals surface area contributed by atoms with Crippen molar-refractivity contribution in [3.8, 4) is 0 Å². The molecule has 3 fully saturated rings. The molecule has 0 bridgehead atoms. The van der Waals surface area contributed by atoms with Gasteiger partial charge in [-0.15, -0.1) is 36.6 Å². The zero-order valence-electron chi connectivity index (χ0n) is 83.6. The first-order valence-corrected chi connectivity index (χ1v) is 51.2.